The number of hydrogen-bond acceptors (Lipinski definition) is 2. The maximum absolute atomic E-state index is 6.39. The van der Waals surface area contributed by atoms with E-state index in [9.17, 15) is 0 Å². The lowest BCUT2D eigenvalue weighted by molar-refractivity contribution is 0.00438. The molecule has 1 fully saturated rings. The molecule has 0 saturated carbocycles. The van der Waals surface area contributed by atoms with Crippen LogP contribution in [0.15, 0.2) is 48.5 Å². The van der Waals surface area contributed by atoms with Crippen molar-refractivity contribution in [3.63, 3.8) is 0 Å². The van der Waals surface area contributed by atoms with Crippen LogP contribution >= 0.6 is 23.2 Å². The van der Waals surface area contributed by atoms with Crippen LogP contribution < -0.4 is 0 Å². The lowest BCUT2D eigenvalue weighted by atomic mass is 9.76. The van der Waals surface area contributed by atoms with Gasteiger partial charge in [-0.05, 0) is 55.9 Å². The molecule has 1 saturated heterocycles. The molecule has 2 aromatic rings. The molecule has 1 heterocycles. The van der Waals surface area contributed by atoms with Crippen LogP contribution in [-0.2, 0) is 10.3 Å². The van der Waals surface area contributed by atoms with Crippen molar-refractivity contribution >= 4 is 23.2 Å². The van der Waals surface area contributed by atoms with Gasteiger partial charge in [0.25, 0.3) is 0 Å². The van der Waals surface area contributed by atoms with E-state index in [1.807, 2.05) is 24.3 Å². The summed E-state index contributed by atoms with van der Waals surface area (Å²) < 4.78 is 6.39. The van der Waals surface area contributed by atoms with Crippen molar-refractivity contribution in [1.29, 1.82) is 0 Å². The maximum atomic E-state index is 6.39. The zero-order valence-corrected chi connectivity index (χ0v) is 14.9. The Kier molecular flexibility index (Phi) is 4.98. The van der Waals surface area contributed by atoms with E-state index in [2.05, 4.69) is 43.3 Å². The van der Waals surface area contributed by atoms with Gasteiger partial charge in [-0.3, -0.25) is 0 Å². The minimum atomic E-state index is -0.445. The van der Waals surface area contributed by atoms with Crippen LogP contribution in [0.5, 0.6) is 0 Å². The van der Waals surface area contributed by atoms with Crippen molar-refractivity contribution in [1.82, 2.24) is 4.90 Å². The summed E-state index contributed by atoms with van der Waals surface area (Å²) in [5.74, 6) is 0.375. The van der Waals surface area contributed by atoms with E-state index >= 15 is 0 Å². The molecule has 0 radical (unpaired) electrons. The topological polar surface area (TPSA) is 12.5 Å². The van der Waals surface area contributed by atoms with E-state index in [4.69, 9.17) is 27.9 Å². The highest BCUT2D eigenvalue weighted by Gasteiger charge is 2.47. The molecule has 1 atom stereocenters. The molecule has 0 bridgehead atoms. The fourth-order valence-corrected chi connectivity index (χ4v) is 3.80. The molecule has 1 unspecified atom stereocenters. The van der Waals surface area contributed by atoms with E-state index < -0.39 is 5.60 Å². The van der Waals surface area contributed by atoms with Crippen LogP contribution in [0.1, 0.15) is 17.5 Å². The van der Waals surface area contributed by atoms with E-state index in [-0.39, 0.29) is 0 Å². The average Bonchev–Trinajstić information content (AvgIpc) is 2.92. The molecule has 0 aromatic heterocycles. The molecule has 1 aliphatic heterocycles. The summed E-state index contributed by atoms with van der Waals surface area (Å²) in [6.45, 7) is 1.72. The molecule has 2 nitrogen and oxygen atoms in total. The lowest BCUT2D eigenvalue weighted by Crippen LogP contribution is -2.39. The standard InChI is InChI=1S/C19H21Cl2NO/c1-22(2)13-16-11-12-23-19(16,14-3-7-17(20)8-4-14)15-5-9-18(21)10-6-15/h3-10,16H,11-13H2,1-2H3. The van der Waals surface area contributed by atoms with Gasteiger partial charge in [0.05, 0.1) is 0 Å². The monoisotopic (exact) mass is 349 g/mol. The Bertz CT molecular complexity index is 607. The molecule has 1 aliphatic rings. The van der Waals surface area contributed by atoms with Gasteiger partial charge in [0.15, 0.2) is 0 Å². The molecular formula is C19H21Cl2NO. The van der Waals surface area contributed by atoms with Gasteiger partial charge in [-0.25, -0.2) is 0 Å². The number of ether oxygens (including phenoxy) is 1. The van der Waals surface area contributed by atoms with Crippen LogP contribution in [-0.4, -0.2) is 32.1 Å². The normalized spacial score (nSPS) is 20.1. The molecule has 122 valence electrons. The summed E-state index contributed by atoms with van der Waals surface area (Å²) >= 11 is 12.2. The van der Waals surface area contributed by atoms with Gasteiger partial charge < -0.3 is 9.64 Å². The van der Waals surface area contributed by atoms with Crippen molar-refractivity contribution in [2.24, 2.45) is 5.92 Å². The van der Waals surface area contributed by atoms with E-state index in [0.29, 0.717) is 5.92 Å². The van der Waals surface area contributed by atoms with E-state index in [0.717, 1.165) is 40.7 Å². The second-order valence-corrected chi connectivity index (χ2v) is 7.22. The van der Waals surface area contributed by atoms with Crippen molar-refractivity contribution in [3.05, 3.63) is 69.7 Å². The third-order valence-corrected chi connectivity index (χ3v) is 5.01. The van der Waals surface area contributed by atoms with Gasteiger partial charge in [-0.15, -0.1) is 0 Å². The van der Waals surface area contributed by atoms with Crippen molar-refractivity contribution < 1.29 is 4.74 Å². The summed E-state index contributed by atoms with van der Waals surface area (Å²) in [6, 6.07) is 16.0. The highest BCUT2D eigenvalue weighted by Crippen LogP contribution is 2.47. The third kappa shape index (κ3) is 3.27. The van der Waals surface area contributed by atoms with Gasteiger partial charge in [-0.1, -0.05) is 47.5 Å². The molecule has 4 heteroatoms. The smallest absolute Gasteiger partial charge is 0.122 e. The van der Waals surface area contributed by atoms with Crippen LogP contribution in [0.3, 0.4) is 0 Å². The summed E-state index contributed by atoms with van der Waals surface area (Å²) in [6.07, 6.45) is 1.03. The summed E-state index contributed by atoms with van der Waals surface area (Å²) in [5, 5.41) is 1.48. The first-order valence-electron chi connectivity index (χ1n) is 7.83. The third-order valence-electron chi connectivity index (χ3n) is 4.50. The average molecular weight is 350 g/mol. The Morgan fingerprint density at radius 1 is 0.957 bits per heavy atom. The number of halogens is 2. The zero-order valence-electron chi connectivity index (χ0n) is 13.4. The van der Waals surface area contributed by atoms with Gasteiger partial charge in [0.1, 0.15) is 5.60 Å². The first-order chi connectivity index (χ1) is 11.0. The van der Waals surface area contributed by atoms with Crippen LogP contribution in [0, 0.1) is 5.92 Å². The molecule has 23 heavy (non-hydrogen) atoms. The Hall–Kier alpha value is -1.06. The molecule has 0 aliphatic carbocycles. The minimum Gasteiger partial charge on any atom is -0.365 e. The van der Waals surface area contributed by atoms with E-state index in [1.165, 1.54) is 0 Å². The Morgan fingerprint density at radius 3 is 1.87 bits per heavy atom. The van der Waals surface area contributed by atoms with Crippen molar-refractivity contribution in [3.8, 4) is 0 Å². The summed E-state index contributed by atoms with van der Waals surface area (Å²) in [4.78, 5) is 2.22. The van der Waals surface area contributed by atoms with E-state index in [1.54, 1.807) is 0 Å². The molecule has 0 amide bonds. The molecule has 0 spiro atoms. The Labute approximate surface area is 148 Å². The molecule has 2 aromatic carbocycles. The highest BCUT2D eigenvalue weighted by atomic mass is 35.5. The number of rotatable bonds is 4. The lowest BCUT2D eigenvalue weighted by Gasteiger charge is -2.37. The predicted octanol–water partition coefficient (Wildman–Crippen LogP) is 4.84. The largest absolute Gasteiger partial charge is 0.365 e. The van der Waals surface area contributed by atoms with Gasteiger partial charge in [0.2, 0.25) is 0 Å². The zero-order chi connectivity index (χ0) is 16.4. The van der Waals surface area contributed by atoms with Gasteiger partial charge in [-0.2, -0.15) is 0 Å². The number of nitrogens with zero attached hydrogens (tertiary/aromatic N) is 1. The quantitative estimate of drug-likeness (QED) is 0.783. The number of hydrogen-bond donors (Lipinski definition) is 0. The second kappa shape index (κ2) is 6.82. The Morgan fingerprint density at radius 2 is 1.43 bits per heavy atom. The molecular weight excluding hydrogens is 329 g/mol. The predicted molar refractivity (Wildman–Crippen MR) is 96.3 cm³/mol. The van der Waals surface area contributed by atoms with Crippen LogP contribution in [0.25, 0.3) is 0 Å². The SMILES string of the molecule is CN(C)CC1CCOC1(c1ccc(Cl)cc1)c1ccc(Cl)cc1. The fourth-order valence-electron chi connectivity index (χ4n) is 3.54. The first kappa shape index (κ1) is 16.8. The van der Waals surface area contributed by atoms with Crippen molar-refractivity contribution in [2.45, 2.75) is 12.0 Å². The summed E-state index contributed by atoms with van der Waals surface area (Å²) in [5.41, 5.74) is 1.85. The molecule has 0 N–H and O–H groups in total. The van der Waals surface area contributed by atoms with Crippen LogP contribution in [0.2, 0.25) is 10.0 Å². The maximum Gasteiger partial charge on any atom is 0.122 e. The van der Waals surface area contributed by atoms with Gasteiger partial charge >= 0.3 is 0 Å². The van der Waals surface area contributed by atoms with Crippen LogP contribution in [0.4, 0.5) is 0 Å². The number of benzene rings is 2. The fraction of sp³-hybridized carbons (Fsp3) is 0.368. The summed E-state index contributed by atoms with van der Waals surface area (Å²) in [7, 11) is 4.21. The van der Waals surface area contributed by atoms with Crippen molar-refractivity contribution in [2.75, 3.05) is 27.2 Å². The Balaban J connectivity index is 2.12. The first-order valence-corrected chi connectivity index (χ1v) is 8.59. The highest BCUT2D eigenvalue weighted by molar-refractivity contribution is 6.30. The minimum absolute atomic E-state index is 0.375. The van der Waals surface area contributed by atoms with Gasteiger partial charge in [0, 0.05) is 29.1 Å². The second-order valence-electron chi connectivity index (χ2n) is 6.35. The molecule has 3 rings (SSSR count).